The molecule has 0 radical (unpaired) electrons. The normalized spacial score (nSPS) is 10.6. The van der Waals surface area contributed by atoms with E-state index in [0.29, 0.717) is 13.2 Å². The molecule has 2 aromatic rings. The van der Waals surface area contributed by atoms with Gasteiger partial charge in [0.1, 0.15) is 12.4 Å². The van der Waals surface area contributed by atoms with Crippen molar-refractivity contribution >= 4 is 22.9 Å². The van der Waals surface area contributed by atoms with Crippen molar-refractivity contribution < 1.29 is 4.74 Å². The second-order valence-corrected chi connectivity index (χ2v) is 5.13. The van der Waals surface area contributed by atoms with Gasteiger partial charge in [0.05, 0.1) is 10.4 Å². The number of nitrogens with one attached hydrogen (secondary N) is 1. The van der Waals surface area contributed by atoms with Crippen LogP contribution >= 0.6 is 22.9 Å². The lowest BCUT2D eigenvalue weighted by atomic mass is 10.2. The van der Waals surface area contributed by atoms with E-state index in [1.165, 1.54) is 0 Å². The maximum Gasteiger partial charge on any atom is 0.125 e. The number of rotatable bonds is 6. The number of nitrogens with zero attached hydrogens (tertiary/aromatic N) is 1. The van der Waals surface area contributed by atoms with Crippen molar-refractivity contribution in [3.05, 3.63) is 45.4 Å². The molecule has 2 rings (SSSR count). The smallest absolute Gasteiger partial charge is 0.125 e. The summed E-state index contributed by atoms with van der Waals surface area (Å²) < 4.78 is 5.81. The number of ether oxygens (including phenoxy) is 1. The summed E-state index contributed by atoms with van der Waals surface area (Å²) in [5, 5.41) is 4.00. The van der Waals surface area contributed by atoms with Crippen molar-refractivity contribution in [2.24, 2.45) is 0 Å². The maximum atomic E-state index is 6.20. The van der Waals surface area contributed by atoms with Crippen LogP contribution in [0, 0.1) is 0 Å². The van der Waals surface area contributed by atoms with Gasteiger partial charge in [-0.25, -0.2) is 0 Å². The van der Waals surface area contributed by atoms with Gasteiger partial charge in [-0.2, -0.15) is 0 Å². The molecular formula is C13H15ClN2OS. The molecule has 0 aliphatic heterocycles. The SMILES string of the molecule is CCNCc1c(Cl)cccc1OCc1cncs1. The highest BCUT2D eigenvalue weighted by molar-refractivity contribution is 7.09. The Morgan fingerprint density at radius 2 is 2.33 bits per heavy atom. The van der Waals surface area contributed by atoms with Gasteiger partial charge in [0, 0.05) is 23.3 Å². The molecule has 0 aliphatic rings. The first-order valence-corrected chi connectivity index (χ1v) is 7.05. The molecular weight excluding hydrogens is 268 g/mol. The van der Waals surface area contributed by atoms with Gasteiger partial charge in [-0.3, -0.25) is 4.98 Å². The predicted octanol–water partition coefficient (Wildman–Crippen LogP) is 3.49. The van der Waals surface area contributed by atoms with Crippen LogP contribution in [0.3, 0.4) is 0 Å². The summed E-state index contributed by atoms with van der Waals surface area (Å²) in [6.07, 6.45) is 1.82. The van der Waals surface area contributed by atoms with Crippen molar-refractivity contribution in [2.45, 2.75) is 20.1 Å². The minimum atomic E-state index is 0.532. The predicted molar refractivity (Wildman–Crippen MR) is 75.3 cm³/mol. The van der Waals surface area contributed by atoms with Gasteiger partial charge in [-0.1, -0.05) is 24.6 Å². The van der Waals surface area contributed by atoms with Crippen LogP contribution < -0.4 is 10.1 Å². The van der Waals surface area contributed by atoms with Gasteiger partial charge in [-0.15, -0.1) is 11.3 Å². The minimum absolute atomic E-state index is 0.532. The highest BCUT2D eigenvalue weighted by Gasteiger charge is 2.08. The Labute approximate surface area is 116 Å². The molecule has 0 fully saturated rings. The van der Waals surface area contributed by atoms with Crippen molar-refractivity contribution in [1.29, 1.82) is 0 Å². The maximum absolute atomic E-state index is 6.20. The summed E-state index contributed by atoms with van der Waals surface area (Å²) in [5.41, 5.74) is 2.81. The molecule has 0 saturated carbocycles. The molecule has 0 unspecified atom stereocenters. The van der Waals surface area contributed by atoms with E-state index in [-0.39, 0.29) is 0 Å². The van der Waals surface area contributed by atoms with Gasteiger partial charge in [0.2, 0.25) is 0 Å². The molecule has 0 spiro atoms. The van der Waals surface area contributed by atoms with Gasteiger partial charge in [0.25, 0.3) is 0 Å². The molecule has 1 aromatic heterocycles. The summed E-state index contributed by atoms with van der Waals surface area (Å²) in [7, 11) is 0. The first-order valence-electron chi connectivity index (χ1n) is 5.79. The molecule has 3 nitrogen and oxygen atoms in total. The fraction of sp³-hybridized carbons (Fsp3) is 0.308. The van der Waals surface area contributed by atoms with Gasteiger partial charge >= 0.3 is 0 Å². The van der Waals surface area contributed by atoms with E-state index >= 15 is 0 Å². The van der Waals surface area contributed by atoms with E-state index in [9.17, 15) is 0 Å². The molecule has 0 bridgehead atoms. The average Bonchev–Trinajstić information content (AvgIpc) is 2.88. The zero-order valence-corrected chi connectivity index (χ0v) is 11.7. The quantitative estimate of drug-likeness (QED) is 0.881. The number of halogens is 1. The number of hydrogen-bond donors (Lipinski definition) is 1. The van der Waals surface area contributed by atoms with Crippen LogP contribution in [0.2, 0.25) is 5.02 Å². The van der Waals surface area contributed by atoms with Crippen LogP contribution in [-0.4, -0.2) is 11.5 Å². The molecule has 1 heterocycles. The van der Waals surface area contributed by atoms with Gasteiger partial charge < -0.3 is 10.1 Å². The Kier molecular flexibility index (Phi) is 4.99. The molecule has 0 atom stereocenters. The second-order valence-electron chi connectivity index (χ2n) is 3.75. The summed E-state index contributed by atoms with van der Waals surface area (Å²) in [4.78, 5) is 5.13. The van der Waals surface area contributed by atoms with E-state index < -0.39 is 0 Å². The lowest BCUT2D eigenvalue weighted by Gasteiger charge is -2.12. The average molecular weight is 283 g/mol. The molecule has 96 valence electrons. The molecule has 1 N–H and O–H groups in total. The van der Waals surface area contributed by atoms with Crippen LogP contribution in [0.1, 0.15) is 17.4 Å². The van der Waals surface area contributed by atoms with E-state index in [1.807, 2.05) is 24.4 Å². The fourth-order valence-corrected chi connectivity index (χ4v) is 2.30. The largest absolute Gasteiger partial charge is 0.488 e. The highest BCUT2D eigenvalue weighted by atomic mass is 35.5. The third kappa shape index (κ3) is 3.45. The second kappa shape index (κ2) is 6.73. The van der Waals surface area contributed by atoms with E-state index in [4.69, 9.17) is 16.3 Å². The molecule has 5 heteroatoms. The minimum Gasteiger partial charge on any atom is -0.488 e. The van der Waals surface area contributed by atoms with Crippen LogP contribution in [-0.2, 0) is 13.2 Å². The third-order valence-corrected chi connectivity index (χ3v) is 3.59. The Morgan fingerprint density at radius 1 is 1.44 bits per heavy atom. The molecule has 0 amide bonds. The first kappa shape index (κ1) is 13.3. The number of benzene rings is 1. The van der Waals surface area contributed by atoms with Crippen LogP contribution in [0.25, 0.3) is 0 Å². The van der Waals surface area contributed by atoms with Gasteiger partial charge in [0.15, 0.2) is 0 Å². The molecule has 0 aliphatic carbocycles. The standard InChI is InChI=1S/C13H15ClN2OS/c1-2-15-7-11-12(14)4-3-5-13(11)17-8-10-6-16-9-18-10/h3-6,9,15H,2,7-8H2,1H3. The van der Waals surface area contributed by atoms with Crippen molar-refractivity contribution in [3.8, 4) is 5.75 Å². The topological polar surface area (TPSA) is 34.1 Å². The Morgan fingerprint density at radius 3 is 3.06 bits per heavy atom. The monoisotopic (exact) mass is 282 g/mol. The number of hydrogen-bond acceptors (Lipinski definition) is 4. The van der Waals surface area contributed by atoms with Crippen molar-refractivity contribution in [3.63, 3.8) is 0 Å². The van der Waals surface area contributed by atoms with Crippen LogP contribution in [0.4, 0.5) is 0 Å². The highest BCUT2D eigenvalue weighted by Crippen LogP contribution is 2.27. The van der Waals surface area contributed by atoms with E-state index in [2.05, 4.69) is 17.2 Å². The number of aromatic nitrogens is 1. The van der Waals surface area contributed by atoms with Gasteiger partial charge in [-0.05, 0) is 18.7 Å². The fourth-order valence-electron chi connectivity index (χ4n) is 1.56. The summed E-state index contributed by atoms with van der Waals surface area (Å²) in [6, 6.07) is 5.73. The summed E-state index contributed by atoms with van der Waals surface area (Å²) in [5.74, 6) is 0.830. The zero-order chi connectivity index (χ0) is 12.8. The van der Waals surface area contributed by atoms with E-state index in [0.717, 1.165) is 27.8 Å². The van der Waals surface area contributed by atoms with Crippen molar-refractivity contribution in [1.82, 2.24) is 10.3 Å². The molecule has 0 saturated heterocycles. The summed E-state index contributed by atoms with van der Waals surface area (Å²) >= 11 is 7.78. The zero-order valence-electron chi connectivity index (χ0n) is 10.1. The Bertz CT molecular complexity index is 488. The lowest BCUT2D eigenvalue weighted by molar-refractivity contribution is 0.305. The Balaban J connectivity index is 2.08. The third-order valence-electron chi connectivity index (χ3n) is 2.48. The lowest BCUT2D eigenvalue weighted by Crippen LogP contribution is -2.13. The Hall–Kier alpha value is -1.10. The molecule has 18 heavy (non-hydrogen) atoms. The van der Waals surface area contributed by atoms with E-state index in [1.54, 1.807) is 16.8 Å². The first-order chi connectivity index (χ1) is 8.81. The number of thiazole rings is 1. The van der Waals surface area contributed by atoms with Crippen LogP contribution in [0.15, 0.2) is 29.9 Å². The summed E-state index contributed by atoms with van der Waals surface area (Å²) in [6.45, 7) is 4.21. The van der Waals surface area contributed by atoms with Crippen LogP contribution in [0.5, 0.6) is 5.75 Å². The van der Waals surface area contributed by atoms with Crippen molar-refractivity contribution in [2.75, 3.05) is 6.54 Å². The molecule has 1 aromatic carbocycles.